The van der Waals surface area contributed by atoms with Crippen LogP contribution in [0.5, 0.6) is 17.2 Å². The van der Waals surface area contributed by atoms with Gasteiger partial charge < -0.3 is 30.4 Å². The normalized spacial score (nSPS) is 12.8. The molecule has 9 nitrogen and oxygen atoms in total. The molecule has 0 aliphatic rings. The van der Waals surface area contributed by atoms with E-state index in [4.69, 9.17) is 14.9 Å². The van der Waals surface area contributed by atoms with Gasteiger partial charge in [-0.1, -0.05) is 6.07 Å². The fourth-order valence-electron chi connectivity index (χ4n) is 2.69. The summed E-state index contributed by atoms with van der Waals surface area (Å²) < 4.78 is 10.6. The van der Waals surface area contributed by atoms with Crippen LogP contribution in [-0.2, 0) is 9.59 Å². The van der Waals surface area contributed by atoms with Crippen molar-refractivity contribution in [1.82, 2.24) is 5.32 Å². The molecule has 1 unspecified atom stereocenters. The molecule has 28 heavy (non-hydrogen) atoms. The average Bonchev–Trinajstić information content (AvgIpc) is 2.63. The highest BCUT2D eigenvalue weighted by molar-refractivity contribution is 5.86. The molecule has 0 bridgehead atoms. The maximum atomic E-state index is 12.4. The predicted molar refractivity (Wildman–Crippen MR) is 99.3 cm³/mol. The lowest BCUT2D eigenvalue weighted by atomic mass is 9.91. The fourth-order valence-corrected chi connectivity index (χ4v) is 2.69. The van der Waals surface area contributed by atoms with Crippen LogP contribution in [0.2, 0.25) is 0 Å². The standard InChI is InChI=1S/C19H22N2O7/c1-9-6-14(23)17(25)18(28-9)12(8-16(24)21-10(2)19(20)26)11-4-5-13(22)15(7-11)27-3/h4-7,10,12,22,25H,8H2,1-3H3,(H2,20,26)(H,21,24)/t10-,12?/m0/s1. The number of carbonyl (C=O) groups excluding carboxylic acids is 2. The number of primary amides is 1. The molecule has 0 spiro atoms. The van der Waals surface area contributed by atoms with Gasteiger partial charge in [0.05, 0.1) is 13.0 Å². The van der Waals surface area contributed by atoms with Crippen molar-refractivity contribution in [1.29, 1.82) is 0 Å². The molecule has 0 radical (unpaired) electrons. The van der Waals surface area contributed by atoms with E-state index in [-0.39, 0.29) is 29.4 Å². The lowest BCUT2D eigenvalue weighted by Crippen LogP contribution is -2.42. The number of aromatic hydroxyl groups is 2. The second-order valence-electron chi connectivity index (χ2n) is 6.31. The zero-order valence-corrected chi connectivity index (χ0v) is 15.7. The topological polar surface area (TPSA) is 152 Å². The zero-order chi connectivity index (χ0) is 21.0. The Labute approximate surface area is 160 Å². The van der Waals surface area contributed by atoms with E-state index in [1.165, 1.54) is 39.2 Å². The van der Waals surface area contributed by atoms with Crippen molar-refractivity contribution >= 4 is 11.8 Å². The molecule has 5 N–H and O–H groups in total. The summed E-state index contributed by atoms with van der Waals surface area (Å²) >= 11 is 0. The van der Waals surface area contributed by atoms with E-state index < -0.39 is 35.0 Å². The molecule has 2 atom stereocenters. The summed E-state index contributed by atoms with van der Waals surface area (Å²) in [5.74, 6) is -2.61. The summed E-state index contributed by atoms with van der Waals surface area (Å²) in [5.41, 5.74) is 4.95. The van der Waals surface area contributed by atoms with Crippen LogP contribution in [0.3, 0.4) is 0 Å². The van der Waals surface area contributed by atoms with E-state index in [9.17, 15) is 24.6 Å². The van der Waals surface area contributed by atoms with Gasteiger partial charge in [0, 0.05) is 12.5 Å². The van der Waals surface area contributed by atoms with Crippen molar-refractivity contribution in [3.63, 3.8) is 0 Å². The first kappa shape index (κ1) is 20.8. The Bertz CT molecular complexity index is 952. The maximum Gasteiger partial charge on any atom is 0.239 e. The van der Waals surface area contributed by atoms with Crippen molar-refractivity contribution < 1.29 is 29.0 Å². The van der Waals surface area contributed by atoms with Crippen molar-refractivity contribution in [2.24, 2.45) is 5.73 Å². The molecule has 1 aromatic carbocycles. The monoisotopic (exact) mass is 390 g/mol. The lowest BCUT2D eigenvalue weighted by molar-refractivity contribution is -0.127. The third-order valence-corrected chi connectivity index (χ3v) is 4.19. The van der Waals surface area contributed by atoms with Gasteiger partial charge >= 0.3 is 0 Å². The number of hydrogen-bond acceptors (Lipinski definition) is 7. The minimum atomic E-state index is -0.902. The summed E-state index contributed by atoms with van der Waals surface area (Å²) in [4.78, 5) is 35.6. The number of nitrogens with two attached hydrogens (primary N) is 1. The molecule has 0 aliphatic heterocycles. The Morgan fingerprint density at radius 1 is 1.29 bits per heavy atom. The van der Waals surface area contributed by atoms with E-state index in [0.29, 0.717) is 5.56 Å². The number of ether oxygens (including phenoxy) is 1. The first-order valence-corrected chi connectivity index (χ1v) is 8.43. The van der Waals surface area contributed by atoms with Crippen molar-refractivity contribution in [3.8, 4) is 17.2 Å². The molecule has 2 amide bonds. The van der Waals surface area contributed by atoms with Crippen LogP contribution >= 0.6 is 0 Å². The number of hydrogen-bond donors (Lipinski definition) is 4. The molecule has 0 saturated heterocycles. The quantitative estimate of drug-likeness (QED) is 0.547. The van der Waals surface area contributed by atoms with E-state index in [2.05, 4.69) is 5.32 Å². The molecule has 1 aromatic heterocycles. The third-order valence-electron chi connectivity index (χ3n) is 4.19. The van der Waals surface area contributed by atoms with Crippen molar-refractivity contribution in [2.75, 3.05) is 7.11 Å². The SMILES string of the molecule is COc1cc(C(CC(=O)N[C@@H](C)C(N)=O)c2oc(C)cc(=O)c2O)ccc1O. The molecule has 9 heteroatoms. The Hall–Kier alpha value is -3.49. The van der Waals surface area contributed by atoms with Gasteiger partial charge in [-0.3, -0.25) is 14.4 Å². The first-order chi connectivity index (χ1) is 13.1. The Morgan fingerprint density at radius 2 is 1.96 bits per heavy atom. The number of carbonyl (C=O) groups is 2. The van der Waals surface area contributed by atoms with Gasteiger partial charge in [-0.15, -0.1) is 0 Å². The highest BCUT2D eigenvalue weighted by atomic mass is 16.5. The van der Waals surface area contributed by atoms with Gasteiger partial charge in [0.1, 0.15) is 11.8 Å². The summed E-state index contributed by atoms with van der Waals surface area (Å²) in [7, 11) is 1.36. The molecule has 0 aliphatic carbocycles. The van der Waals surface area contributed by atoms with E-state index in [0.717, 1.165) is 6.07 Å². The summed E-state index contributed by atoms with van der Waals surface area (Å²) in [5, 5.41) is 22.5. The predicted octanol–water partition coefficient (Wildman–Crippen LogP) is 0.880. The maximum absolute atomic E-state index is 12.4. The van der Waals surface area contributed by atoms with Crippen molar-refractivity contribution in [3.05, 3.63) is 51.6 Å². The minimum Gasteiger partial charge on any atom is -0.504 e. The number of aryl methyl sites for hydroxylation is 1. The highest BCUT2D eigenvalue weighted by Crippen LogP contribution is 2.37. The molecular weight excluding hydrogens is 368 g/mol. The Morgan fingerprint density at radius 3 is 2.57 bits per heavy atom. The van der Waals surface area contributed by atoms with E-state index in [1.54, 1.807) is 0 Å². The van der Waals surface area contributed by atoms with Crippen LogP contribution in [-0.4, -0.2) is 35.2 Å². The minimum absolute atomic E-state index is 0.111. The van der Waals surface area contributed by atoms with E-state index in [1.807, 2.05) is 0 Å². The molecule has 0 saturated carbocycles. The van der Waals surface area contributed by atoms with Crippen LogP contribution in [0, 0.1) is 6.92 Å². The van der Waals surface area contributed by atoms with Crippen LogP contribution < -0.4 is 21.2 Å². The molecule has 2 rings (SSSR count). The number of methoxy groups -OCH3 is 1. The second-order valence-corrected chi connectivity index (χ2v) is 6.31. The molecule has 1 heterocycles. The number of rotatable bonds is 7. The molecular formula is C19H22N2O7. The van der Waals surface area contributed by atoms with Crippen LogP contribution in [0.15, 0.2) is 33.5 Å². The van der Waals surface area contributed by atoms with Gasteiger partial charge in [-0.25, -0.2) is 0 Å². The average molecular weight is 390 g/mol. The van der Waals surface area contributed by atoms with Crippen LogP contribution in [0.1, 0.15) is 36.3 Å². The molecule has 2 aromatic rings. The number of benzene rings is 1. The highest BCUT2D eigenvalue weighted by Gasteiger charge is 2.27. The van der Waals surface area contributed by atoms with Gasteiger partial charge in [-0.05, 0) is 31.5 Å². The second kappa shape index (κ2) is 8.47. The Balaban J connectivity index is 2.52. The fraction of sp³-hybridized carbons (Fsp3) is 0.316. The van der Waals surface area contributed by atoms with Gasteiger partial charge in [0.15, 0.2) is 17.3 Å². The number of nitrogens with one attached hydrogen (secondary N) is 1. The molecule has 0 fully saturated rings. The zero-order valence-electron chi connectivity index (χ0n) is 15.7. The van der Waals surface area contributed by atoms with Crippen LogP contribution in [0.4, 0.5) is 0 Å². The van der Waals surface area contributed by atoms with Crippen LogP contribution in [0.25, 0.3) is 0 Å². The number of phenols is 1. The third kappa shape index (κ3) is 4.61. The summed E-state index contributed by atoms with van der Waals surface area (Å²) in [6, 6.07) is 4.56. The van der Waals surface area contributed by atoms with Gasteiger partial charge in [0.2, 0.25) is 23.0 Å². The number of amides is 2. The van der Waals surface area contributed by atoms with Crippen molar-refractivity contribution in [2.45, 2.75) is 32.2 Å². The van der Waals surface area contributed by atoms with Gasteiger partial charge in [-0.2, -0.15) is 0 Å². The Kier molecular flexibility index (Phi) is 6.29. The van der Waals surface area contributed by atoms with E-state index >= 15 is 0 Å². The summed E-state index contributed by atoms with van der Waals surface area (Å²) in [6.45, 7) is 2.97. The first-order valence-electron chi connectivity index (χ1n) is 8.43. The lowest BCUT2D eigenvalue weighted by Gasteiger charge is -2.19. The number of phenolic OH excluding ortho intramolecular Hbond substituents is 1. The summed E-state index contributed by atoms with van der Waals surface area (Å²) in [6.07, 6.45) is -0.258. The van der Waals surface area contributed by atoms with Gasteiger partial charge in [0.25, 0.3) is 0 Å². The smallest absolute Gasteiger partial charge is 0.239 e. The largest absolute Gasteiger partial charge is 0.504 e. The molecule has 150 valence electrons.